The molecule has 27 heavy (non-hydrogen) atoms. The molecule has 0 amide bonds. The van der Waals surface area contributed by atoms with E-state index in [1.54, 1.807) is 6.26 Å². The van der Waals surface area contributed by atoms with E-state index in [0.29, 0.717) is 5.75 Å². The van der Waals surface area contributed by atoms with Gasteiger partial charge in [0.25, 0.3) is 0 Å². The monoisotopic (exact) mass is 380 g/mol. The van der Waals surface area contributed by atoms with Crippen molar-refractivity contribution in [3.05, 3.63) is 53.6 Å². The highest BCUT2D eigenvalue weighted by Gasteiger charge is 2.20. The second kappa shape index (κ2) is 7.08. The number of para-hydroxylation sites is 1. The molecule has 138 valence electrons. The largest absolute Gasteiger partial charge is 0.469 e. The van der Waals surface area contributed by atoms with Crippen molar-refractivity contribution in [2.75, 3.05) is 5.75 Å². The average Bonchev–Trinajstić information content (AvgIpc) is 3.34. The highest BCUT2D eigenvalue weighted by atomic mass is 32.2. The normalized spacial score (nSPS) is 11.4. The van der Waals surface area contributed by atoms with Gasteiger partial charge in [-0.2, -0.15) is 0 Å². The van der Waals surface area contributed by atoms with Gasteiger partial charge in [0.05, 0.1) is 17.6 Å². The summed E-state index contributed by atoms with van der Waals surface area (Å²) in [5, 5.41) is 10.3. The third-order valence-corrected chi connectivity index (χ3v) is 5.60. The van der Waals surface area contributed by atoms with Gasteiger partial charge >= 0.3 is 0 Å². The van der Waals surface area contributed by atoms with E-state index in [0.717, 1.165) is 51.0 Å². The smallest absolute Gasteiger partial charge is 0.191 e. The summed E-state index contributed by atoms with van der Waals surface area (Å²) in [6.45, 7) is 6.60. The fraction of sp³-hybridized carbons (Fsp3) is 0.250. The number of ketones is 1. The molecule has 0 aliphatic heterocycles. The molecule has 0 bridgehead atoms. The predicted molar refractivity (Wildman–Crippen MR) is 106 cm³/mol. The van der Waals surface area contributed by atoms with E-state index in [2.05, 4.69) is 15.2 Å². The molecule has 0 aliphatic rings. The summed E-state index contributed by atoms with van der Waals surface area (Å²) in [5.74, 6) is 1.97. The molecule has 0 unspecified atom stereocenters. The Balaban J connectivity index is 1.59. The molecule has 0 spiro atoms. The Morgan fingerprint density at radius 1 is 1.22 bits per heavy atom. The molecule has 1 N–H and O–H groups in total. The number of fused-ring (bicyclic) bond motifs is 1. The SMILES string of the molecule is CCn1c(SCC(=O)c2c(C)[nH]c3ccccc23)nnc1-c1ccoc1C. The quantitative estimate of drug-likeness (QED) is 0.390. The van der Waals surface area contributed by atoms with E-state index in [4.69, 9.17) is 4.42 Å². The number of H-pyrrole nitrogens is 1. The number of aromatic amines is 1. The van der Waals surface area contributed by atoms with Crippen LogP contribution in [0.2, 0.25) is 0 Å². The number of aryl methyl sites for hydroxylation is 2. The van der Waals surface area contributed by atoms with Crippen molar-refractivity contribution in [3.8, 4) is 11.4 Å². The number of hydrogen-bond donors (Lipinski definition) is 1. The van der Waals surface area contributed by atoms with Crippen molar-refractivity contribution >= 4 is 28.4 Å². The molecule has 6 nitrogen and oxygen atoms in total. The Morgan fingerprint density at radius 3 is 2.78 bits per heavy atom. The van der Waals surface area contributed by atoms with Gasteiger partial charge in [-0.05, 0) is 32.9 Å². The van der Waals surface area contributed by atoms with Crippen LogP contribution in [-0.4, -0.2) is 31.3 Å². The van der Waals surface area contributed by atoms with Crippen LogP contribution in [0, 0.1) is 13.8 Å². The van der Waals surface area contributed by atoms with Gasteiger partial charge in [-0.1, -0.05) is 30.0 Å². The predicted octanol–water partition coefficient (Wildman–Crippen LogP) is 4.63. The Hall–Kier alpha value is -2.80. The van der Waals surface area contributed by atoms with Crippen LogP contribution in [0.25, 0.3) is 22.3 Å². The minimum atomic E-state index is 0.0849. The summed E-state index contributed by atoms with van der Waals surface area (Å²) in [6.07, 6.45) is 1.65. The van der Waals surface area contributed by atoms with Gasteiger partial charge in [-0.25, -0.2) is 0 Å². The van der Waals surface area contributed by atoms with Crippen molar-refractivity contribution < 1.29 is 9.21 Å². The lowest BCUT2D eigenvalue weighted by Crippen LogP contribution is -2.06. The first-order valence-electron chi connectivity index (χ1n) is 8.81. The lowest BCUT2D eigenvalue weighted by atomic mass is 10.1. The molecule has 4 rings (SSSR count). The fourth-order valence-corrected chi connectivity index (χ4v) is 4.21. The molecule has 0 radical (unpaired) electrons. The summed E-state index contributed by atoms with van der Waals surface area (Å²) in [4.78, 5) is 16.2. The number of hydrogen-bond acceptors (Lipinski definition) is 5. The third kappa shape index (κ3) is 3.08. The van der Waals surface area contributed by atoms with E-state index in [9.17, 15) is 4.79 Å². The minimum Gasteiger partial charge on any atom is -0.469 e. The molecule has 0 atom stereocenters. The molecular weight excluding hydrogens is 360 g/mol. The lowest BCUT2D eigenvalue weighted by molar-refractivity contribution is 0.102. The van der Waals surface area contributed by atoms with E-state index in [-0.39, 0.29) is 5.78 Å². The maximum Gasteiger partial charge on any atom is 0.191 e. The number of aromatic nitrogens is 4. The van der Waals surface area contributed by atoms with Crippen molar-refractivity contribution in [2.45, 2.75) is 32.5 Å². The van der Waals surface area contributed by atoms with Gasteiger partial charge in [-0.3, -0.25) is 4.79 Å². The number of nitrogens with zero attached hydrogens (tertiary/aromatic N) is 3. The summed E-state index contributed by atoms with van der Waals surface area (Å²) in [5.41, 5.74) is 3.56. The lowest BCUT2D eigenvalue weighted by Gasteiger charge is -2.06. The molecule has 3 heterocycles. The number of rotatable bonds is 6. The van der Waals surface area contributed by atoms with Crippen molar-refractivity contribution in [2.24, 2.45) is 0 Å². The van der Waals surface area contributed by atoms with Gasteiger partial charge in [0.2, 0.25) is 0 Å². The molecule has 4 aromatic rings. The van der Waals surface area contributed by atoms with E-state index in [1.807, 2.05) is 55.7 Å². The Bertz CT molecular complexity index is 1120. The van der Waals surface area contributed by atoms with Crippen LogP contribution in [0.5, 0.6) is 0 Å². The number of carbonyl (C=O) groups is 1. The van der Waals surface area contributed by atoms with Crippen LogP contribution in [0.15, 0.2) is 46.2 Å². The third-order valence-electron chi connectivity index (χ3n) is 4.64. The zero-order valence-electron chi connectivity index (χ0n) is 15.4. The second-order valence-electron chi connectivity index (χ2n) is 6.32. The minimum absolute atomic E-state index is 0.0849. The zero-order chi connectivity index (χ0) is 19.0. The number of benzene rings is 1. The number of thioether (sulfide) groups is 1. The molecule has 0 aliphatic carbocycles. The topological polar surface area (TPSA) is 76.7 Å². The summed E-state index contributed by atoms with van der Waals surface area (Å²) in [6, 6.07) is 9.77. The standard InChI is InChI=1S/C20H20N4O2S/c1-4-24-19(14-9-10-26-13(14)3)22-23-20(24)27-11-17(25)18-12(2)21-16-8-6-5-7-15(16)18/h5-10,21H,4,11H2,1-3H3. The van der Waals surface area contributed by atoms with Gasteiger partial charge in [0.15, 0.2) is 16.8 Å². The molecule has 1 aromatic carbocycles. The summed E-state index contributed by atoms with van der Waals surface area (Å²) < 4.78 is 7.40. The van der Waals surface area contributed by atoms with Crippen LogP contribution in [0.3, 0.4) is 0 Å². The molecule has 0 saturated carbocycles. The van der Waals surface area contributed by atoms with Gasteiger partial charge in [-0.15, -0.1) is 10.2 Å². The molecule has 0 fully saturated rings. The molecule has 3 aromatic heterocycles. The first-order valence-corrected chi connectivity index (χ1v) is 9.79. The van der Waals surface area contributed by atoms with Crippen LogP contribution in [0.1, 0.15) is 28.7 Å². The van der Waals surface area contributed by atoms with Crippen molar-refractivity contribution in [1.82, 2.24) is 19.7 Å². The highest BCUT2D eigenvalue weighted by molar-refractivity contribution is 7.99. The Kier molecular flexibility index (Phi) is 4.61. The number of carbonyl (C=O) groups excluding carboxylic acids is 1. The van der Waals surface area contributed by atoms with E-state index in [1.165, 1.54) is 11.8 Å². The second-order valence-corrected chi connectivity index (χ2v) is 7.27. The summed E-state index contributed by atoms with van der Waals surface area (Å²) >= 11 is 1.41. The van der Waals surface area contributed by atoms with Gasteiger partial charge in [0, 0.05) is 28.7 Å². The fourth-order valence-electron chi connectivity index (χ4n) is 3.33. The van der Waals surface area contributed by atoms with Crippen molar-refractivity contribution in [1.29, 1.82) is 0 Å². The van der Waals surface area contributed by atoms with Gasteiger partial charge in [0.1, 0.15) is 5.76 Å². The van der Waals surface area contributed by atoms with Crippen LogP contribution >= 0.6 is 11.8 Å². The number of nitrogens with one attached hydrogen (secondary N) is 1. The highest BCUT2D eigenvalue weighted by Crippen LogP contribution is 2.28. The average molecular weight is 380 g/mol. The first kappa shape index (κ1) is 17.6. The van der Waals surface area contributed by atoms with Crippen molar-refractivity contribution in [3.63, 3.8) is 0 Å². The van der Waals surface area contributed by atoms with E-state index >= 15 is 0 Å². The zero-order valence-corrected chi connectivity index (χ0v) is 16.3. The van der Waals surface area contributed by atoms with Gasteiger partial charge < -0.3 is 14.0 Å². The number of Topliss-reactive ketones (excluding diaryl/α,β-unsaturated/α-hetero) is 1. The Labute approximate surface area is 161 Å². The molecular formula is C20H20N4O2S. The summed E-state index contributed by atoms with van der Waals surface area (Å²) in [7, 11) is 0. The van der Waals surface area contributed by atoms with E-state index < -0.39 is 0 Å². The Morgan fingerprint density at radius 2 is 2.04 bits per heavy atom. The molecule has 0 saturated heterocycles. The van der Waals surface area contributed by atoms with Crippen LogP contribution < -0.4 is 0 Å². The number of furan rings is 1. The maximum atomic E-state index is 12.9. The van der Waals surface area contributed by atoms with Crippen LogP contribution in [-0.2, 0) is 6.54 Å². The first-order chi connectivity index (χ1) is 13.1. The molecule has 7 heteroatoms. The maximum absolute atomic E-state index is 12.9. The van der Waals surface area contributed by atoms with Crippen LogP contribution in [0.4, 0.5) is 0 Å².